The normalized spacial score (nSPS) is 15.3. The van der Waals surface area contributed by atoms with Gasteiger partial charge < -0.3 is 10.1 Å². The predicted molar refractivity (Wildman–Crippen MR) is 96.6 cm³/mol. The maximum Gasteiger partial charge on any atom is 0.262 e. The van der Waals surface area contributed by atoms with Crippen molar-refractivity contribution in [3.8, 4) is 5.75 Å². The summed E-state index contributed by atoms with van der Waals surface area (Å²) in [5.41, 5.74) is -0.779. The molecule has 0 unspecified atom stereocenters. The first-order chi connectivity index (χ1) is 14.3. The van der Waals surface area contributed by atoms with Gasteiger partial charge in [0.1, 0.15) is 11.4 Å². The highest BCUT2D eigenvalue weighted by Gasteiger charge is 2.40. The molecule has 2 aromatic carbocycles. The van der Waals surface area contributed by atoms with Crippen LogP contribution in [0.3, 0.4) is 0 Å². The van der Waals surface area contributed by atoms with Crippen molar-refractivity contribution in [3.05, 3.63) is 82.9 Å². The summed E-state index contributed by atoms with van der Waals surface area (Å²) < 4.78 is 74.2. The molecule has 154 valence electrons. The first kappa shape index (κ1) is 19.6. The number of carbonyl (C=O) groups excluding carboxylic acids is 1. The number of pyridine rings is 1. The van der Waals surface area contributed by atoms with Gasteiger partial charge >= 0.3 is 0 Å². The molecule has 0 saturated heterocycles. The van der Waals surface area contributed by atoms with E-state index in [0.29, 0.717) is 11.4 Å². The molecule has 30 heavy (non-hydrogen) atoms. The number of rotatable bonds is 4. The zero-order chi connectivity index (χ0) is 21.6. The SMILES string of the molecule is COc1ccc(N2C(=O)c3cccnc3[C@H]2Nc2c(F)c(F)c(F)c(F)c2F)cc1. The van der Waals surface area contributed by atoms with Crippen LogP contribution in [0.1, 0.15) is 22.2 Å². The molecule has 2 heterocycles. The van der Waals surface area contributed by atoms with Crippen molar-refractivity contribution in [1.82, 2.24) is 4.98 Å². The summed E-state index contributed by atoms with van der Waals surface area (Å²) in [6.07, 6.45) is 0.0204. The Balaban J connectivity index is 1.84. The van der Waals surface area contributed by atoms with Crippen molar-refractivity contribution in [2.24, 2.45) is 0 Å². The molecule has 0 spiro atoms. The second kappa shape index (κ2) is 7.29. The van der Waals surface area contributed by atoms with Gasteiger partial charge in [0.2, 0.25) is 5.82 Å². The molecule has 5 nitrogen and oxygen atoms in total. The fraction of sp³-hybridized carbons (Fsp3) is 0.100. The first-order valence-electron chi connectivity index (χ1n) is 8.55. The maximum absolute atomic E-state index is 14.2. The van der Waals surface area contributed by atoms with Gasteiger partial charge in [0, 0.05) is 11.9 Å². The van der Waals surface area contributed by atoms with Crippen LogP contribution in [0.15, 0.2) is 42.6 Å². The van der Waals surface area contributed by atoms with E-state index in [-0.39, 0.29) is 11.3 Å². The van der Waals surface area contributed by atoms with Gasteiger partial charge in [0.25, 0.3) is 5.91 Å². The molecule has 1 aliphatic heterocycles. The molecule has 4 rings (SSSR count). The van der Waals surface area contributed by atoms with E-state index in [4.69, 9.17) is 4.74 Å². The Morgan fingerprint density at radius 2 is 1.53 bits per heavy atom. The minimum absolute atomic E-state index is 0.0715. The number of fused-ring (bicyclic) bond motifs is 1. The third-order valence-corrected chi connectivity index (χ3v) is 4.65. The van der Waals surface area contributed by atoms with E-state index in [1.165, 1.54) is 37.6 Å². The van der Waals surface area contributed by atoms with Gasteiger partial charge in [-0.05, 0) is 36.4 Å². The van der Waals surface area contributed by atoms with Crippen molar-refractivity contribution >= 4 is 17.3 Å². The van der Waals surface area contributed by atoms with Crippen molar-refractivity contribution < 1.29 is 31.5 Å². The summed E-state index contributed by atoms with van der Waals surface area (Å²) in [5, 5.41) is 2.26. The summed E-state index contributed by atoms with van der Waals surface area (Å²) in [6, 6.07) is 9.06. The summed E-state index contributed by atoms with van der Waals surface area (Å²) in [4.78, 5) is 18.1. The summed E-state index contributed by atoms with van der Waals surface area (Å²) in [5.74, 6) is -10.6. The topological polar surface area (TPSA) is 54.5 Å². The summed E-state index contributed by atoms with van der Waals surface area (Å²) in [7, 11) is 1.45. The lowest BCUT2D eigenvalue weighted by atomic mass is 10.2. The fourth-order valence-electron chi connectivity index (χ4n) is 3.20. The van der Waals surface area contributed by atoms with Crippen molar-refractivity contribution in [3.63, 3.8) is 0 Å². The fourth-order valence-corrected chi connectivity index (χ4v) is 3.20. The minimum Gasteiger partial charge on any atom is -0.497 e. The van der Waals surface area contributed by atoms with E-state index in [1.807, 2.05) is 0 Å². The molecule has 1 N–H and O–H groups in total. The van der Waals surface area contributed by atoms with E-state index >= 15 is 0 Å². The zero-order valence-corrected chi connectivity index (χ0v) is 15.2. The molecule has 1 amide bonds. The van der Waals surface area contributed by atoms with Crippen LogP contribution in [-0.2, 0) is 0 Å². The molecular formula is C20H12F5N3O2. The van der Waals surface area contributed by atoms with E-state index in [2.05, 4.69) is 10.3 Å². The molecule has 0 aliphatic carbocycles. The smallest absolute Gasteiger partial charge is 0.262 e. The van der Waals surface area contributed by atoms with Crippen LogP contribution in [0, 0.1) is 29.1 Å². The quantitative estimate of drug-likeness (QED) is 0.381. The third-order valence-electron chi connectivity index (χ3n) is 4.65. The monoisotopic (exact) mass is 421 g/mol. The van der Waals surface area contributed by atoms with Crippen LogP contribution in [-0.4, -0.2) is 18.0 Å². The van der Waals surface area contributed by atoms with Crippen molar-refractivity contribution in [2.75, 3.05) is 17.3 Å². The third kappa shape index (κ3) is 2.92. The lowest BCUT2D eigenvalue weighted by Crippen LogP contribution is -2.33. The number of aromatic nitrogens is 1. The van der Waals surface area contributed by atoms with Crippen LogP contribution in [0.5, 0.6) is 5.75 Å². The van der Waals surface area contributed by atoms with E-state index in [9.17, 15) is 26.7 Å². The molecular weight excluding hydrogens is 409 g/mol. The molecule has 0 bridgehead atoms. The van der Waals surface area contributed by atoms with Crippen LogP contribution >= 0.6 is 0 Å². The Labute approximate surface area is 166 Å². The van der Waals surface area contributed by atoms with E-state index in [1.54, 1.807) is 12.1 Å². The van der Waals surface area contributed by atoms with Gasteiger partial charge in [-0.2, -0.15) is 0 Å². The molecule has 1 aromatic heterocycles. The standard InChI is InChI=1S/C20H12F5N3O2/c1-30-10-6-4-9(5-7-10)28-19(17-11(20(28)29)3-2-8-26-17)27-18-15(24)13(22)12(21)14(23)16(18)25/h2-8,19,27H,1H3/t19-/m0/s1. The molecule has 3 aromatic rings. The number of hydrogen-bond donors (Lipinski definition) is 1. The highest BCUT2D eigenvalue weighted by molar-refractivity contribution is 6.11. The molecule has 0 radical (unpaired) electrons. The Morgan fingerprint density at radius 1 is 0.933 bits per heavy atom. The van der Waals surface area contributed by atoms with Crippen LogP contribution in [0.25, 0.3) is 0 Å². The Bertz CT molecular complexity index is 1120. The summed E-state index contributed by atoms with van der Waals surface area (Å²) in [6.45, 7) is 0. The van der Waals surface area contributed by atoms with Gasteiger partial charge in [0.15, 0.2) is 29.4 Å². The first-order valence-corrected chi connectivity index (χ1v) is 8.55. The van der Waals surface area contributed by atoms with Gasteiger partial charge in [0.05, 0.1) is 18.4 Å². The number of amides is 1. The average molecular weight is 421 g/mol. The number of anilines is 2. The van der Waals surface area contributed by atoms with E-state index in [0.717, 1.165) is 4.90 Å². The lowest BCUT2D eigenvalue weighted by Gasteiger charge is -2.27. The maximum atomic E-state index is 14.2. The number of ether oxygens (including phenoxy) is 1. The number of nitrogens with one attached hydrogen (secondary N) is 1. The number of carbonyl (C=O) groups is 1. The number of methoxy groups -OCH3 is 1. The Morgan fingerprint density at radius 3 is 2.13 bits per heavy atom. The number of hydrogen-bond acceptors (Lipinski definition) is 4. The second-order valence-electron chi connectivity index (χ2n) is 6.30. The minimum atomic E-state index is -2.27. The zero-order valence-electron chi connectivity index (χ0n) is 15.2. The van der Waals surface area contributed by atoms with Gasteiger partial charge in [-0.25, -0.2) is 22.0 Å². The number of nitrogens with zero attached hydrogens (tertiary/aromatic N) is 2. The Hall–Kier alpha value is -3.69. The lowest BCUT2D eigenvalue weighted by molar-refractivity contribution is 0.0993. The number of benzene rings is 2. The highest BCUT2D eigenvalue weighted by Crippen LogP contribution is 2.39. The largest absolute Gasteiger partial charge is 0.497 e. The van der Waals surface area contributed by atoms with Crippen LogP contribution in [0.2, 0.25) is 0 Å². The molecule has 1 aliphatic rings. The van der Waals surface area contributed by atoms with Gasteiger partial charge in [-0.3, -0.25) is 14.7 Å². The van der Waals surface area contributed by atoms with Crippen molar-refractivity contribution in [2.45, 2.75) is 6.17 Å². The van der Waals surface area contributed by atoms with Gasteiger partial charge in [-0.1, -0.05) is 0 Å². The van der Waals surface area contributed by atoms with Crippen molar-refractivity contribution in [1.29, 1.82) is 0 Å². The molecule has 0 fully saturated rings. The molecule has 1 atom stereocenters. The van der Waals surface area contributed by atoms with Gasteiger partial charge in [-0.15, -0.1) is 0 Å². The van der Waals surface area contributed by atoms with Crippen LogP contribution in [0.4, 0.5) is 33.3 Å². The second-order valence-corrected chi connectivity index (χ2v) is 6.30. The molecule has 10 heteroatoms. The highest BCUT2D eigenvalue weighted by atomic mass is 19.2. The average Bonchev–Trinajstić information content (AvgIpc) is 3.05. The van der Waals surface area contributed by atoms with Crippen LogP contribution < -0.4 is 15.0 Å². The summed E-state index contributed by atoms with van der Waals surface area (Å²) >= 11 is 0. The molecule has 0 saturated carbocycles. The number of halogens is 5. The Kier molecular flexibility index (Phi) is 4.76. The van der Waals surface area contributed by atoms with E-state index < -0.39 is 46.8 Å². The predicted octanol–water partition coefficient (Wildman–Crippen LogP) is 4.56.